The first-order valence-electron chi connectivity index (χ1n) is 8.26. The number of aromatic nitrogens is 4. The summed E-state index contributed by atoms with van der Waals surface area (Å²) in [5.41, 5.74) is 3.26. The molecule has 7 heteroatoms. The first-order valence-corrected chi connectivity index (χ1v) is 8.26. The van der Waals surface area contributed by atoms with E-state index in [1.807, 2.05) is 43.1 Å². The monoisotopic (exact) mass is 337 g/mol. The highest BCUT2D eigenvalue weighted by Gasteiger charge is 2.20. The molecule has 1 saturated heterocycles. The molecule has 4 rings (SSSR count). The molecule has 1 fully saturated rings. The molecule has 3 heterocycles. The summed E-state index contributed by atoms with van der Waals surface area (Å²) in [6, 6.07) is 7.58. The minimum Gasteiger partial charge on any atom is -0.378 e. The molecule has 0 spiro atoms. The highest BCUT2D eigenvalue weighted by atomic mass is 16.5. The second-order valence-electron chi connectivity index (χ2n) is 6.19. The molecule has 0 aliphatic carbocycles. The van der Waals surface area contributed by atoms with Crippen LogP contribution < -0.4 is 0 Å². The van der Waals surface area contributed by atoms with Gasteiger partial charge < -0.3 is 9.64 Å². The minimum atomic E-state index is 0.0192. The van der Waals surface area contributed by atoms with Gasteiger partial charge in [-0.3, -0.25) is 14.5 Å². The van der Waals surface area contributed by atoms with Gasteiger partial charge in [-0.05, 0) is 31.2 Å². The van der Waals surface area contributed by atoms with Crippen molar-refractivity contribution in [3.8, 4) is 11.4 Å². The van der Waals surface area contributed by atoms with Crippen molar-refractivity contribution in [3.63, 3.8) is 0 Å². The number of carbonyl (C=O) groups is 1. The third kappa shape index (κ3) is 2.98. The van der Waals surface area contributed by atoms with E-state index in [9.17, 15) is 4.79 Å². The van der Waals surface area contributed by atoms with E-state index in [4.69, 9.17) is 4.74 Å². The fourth-order valence-corrected chi connectivity index (χ4v) is 3.09. The van der Waals surface area contributed by atoms with E-state index < -0.39 is 0 Å². The van der Waals surface area contributed by atoms with Gasteiger partial charge in [-0.15, -0.1) is 0 Å². The van der Waals surface area contributed by atoms with Gasteiger partial charge in [0, 0.05) is 42.3 Å². The molecule has 0 bridgehead atoms. The van der Waals surface area contributed by atoms with Crippen molar-refractivity contribution in [2.75, 3.05) is 26.3 Å². The van der Waals surface area contributed by atoms with Gasteiger partial charge in [-0.25, -0.2) is 4.98 Å². The van der Waals surface area contributed by atoms with Gasteiger partial charge in [-0.2, -0.15) is 5.10 Å². The Hall–Kier alpha value is -2.80. The highest BCUT2D eigenvalue weighted by molar-refractivity contribution is 6.01. The molecule has 128 valence electrons. The zero-order valence-electron chi connectivity index (χ0n) is 14.3. The minimum absolute atomic E-state index is 0.0192. The number of nitrogens with zero attached hydrogens (tertiary/aromatic N) is 5. The van der Waals surface area contributed by atoms with Crippen LogP contribution in [-0.2, 0) is 11.8 Å². The number of amides is 1. The Morgan fingerprint density at radius 3 is 2.72 bits per heavy atom. The molecule has 1 aromatic carbocycles. The molecule has 0 saturated carbocycles. The van der Waals surface area contributed by atoms with Crippen molar-refractivity contribution >= 4 is 16.8 Å². The Morgan fingerprint density at radius 2 is 2.00 bits per heavy atom. The molecule has 2 aromatic heterocycles. The molecule has 7 nitrogen and oxygen atoms in total. The number of hydrogen-bond acceptors (Lipinski definition) is 5. The fraction of sp³-hybridized carbons (Fsp3) is 0.333. The van der Waals surface area contributed by atoms with Crippen LogP contribution in [0.1, 0.15) is 16.1 Å². The molecule has 0 atom stereocenters. The van der Waals surface area contributed by atoms with E-state index in [0.29, 0.717) is 37.7 Å². The van der Waals surface area contributed by atoms with Gasteiger partial charge >= 0.3 is 0 Å². The molecular formula is C18H19N5O2. The van der Waals surface area contributed by atoms with Crippen LogP contribution in [0.25, 0.3) is 22.3 Å². The molecule has 0 unspecified atom stereocenters. The summed E-state index contributed by atoms with van der Waals surface area (Å²) in [5.74, 6) is 0.652. The van der Waals surface area contributed by atoms with Crippen LogP contribution >= 0.6 is 0 Å². The van der Waals surface area contributed by atoms with E-state index in [1.165, 1.54) is 0 Å². The molecule has 1 aliphatic rings. The standard InChI is InChI=1S/C18H19N5O2/c1-12-9-15(17-19-11-22(2)21-17)14-10-13(3-4-16(14)20-12)18(24)23-5-7-25-8-6-23/h3-4,9-11H,5-8H2,1-2H3. The zero-order valence-corrected chi connectivity index (χ0v) is 14.3. The second-order valence-corrected chi connectivity index (χ2v) is 6.19. The lowest BCUT2D eigenvalue weighted by atomic mass is 10.0. The Kier molecular flexibility index (Phi) is 3.93. The van der Waals surface area contributed by atoms with Crippen LogP contribution in [0, 0.1) is 6.92 Å². The number of ether oxygens (including phenoxy) is 1. The number of hydrogen-bond donors (Lipinski definition) is 0. The normalized spacial score (nSPS) is 14.9. The van der Waals surface area contributed by atoms with Crippen LogP contribution in [-0.4, -0.2) is 56.9 Å². The fourth-order valence-electron chi connectivity index (χ4n) is 3.09. The lowest BCUT2D eigenvalue weighted by Crippen LogP contribution is -2.40. The average Bonchev–Trinajstić information content (AvgIpc) is 3.07. The van der Waals surface area contributed by atoms with E-state index >= 15 is 0 Å². The molecule has 1 aliphatic heterocycles. The van der Waals surface area contributed by atoms with Gasteiger partial charge in [0.15, 0.2) is 5.82 Å². The summed E-state index contributed by atoms with van der Waals surface area (Å²) in [5, 5.41) is 5.29. The summed E-state index contributed by atoms with van der Waals surface area (Å²) < 4.78 is 6.99. The largest absolute Gasteiger partial charge is 0.378 e. The lowest BCUT2D eigenvalue weighted by Gasteiger charge is -2.27. The molecule has 0 radical (unpaired) electrons. The lowest BCUT2D eigenvalue weighted by molar-refractivity contribution is 0.0303. The third-order valence-electron chi connectivity index (χ3n) is 4.32. The summed E-state index contributed by atoms with van der Waals surface area (Å²) in [4.78, 5) is 23.5. The smallest absolute Gasteiger partial charge is 0.254 e. The number of pyridine rings is 1. The van der Waals surface area contributed by atoms with Crippen LogP contribution in [0.4, 0.5) is 0 Å². The van der Waals surface area contributed by atoms with E-state index in [-0.39, 0.29) is 5.91 Å². The number of morpholine rings is 1. The van der Waals surface area contributed by atoms with Gasteiger partial charge in [0.1, 0.15) is 6.33 Å². The van der Waals surface area contributed by atoms with Crippen LogP contribution in [0.5, 0.6) is 0 Å². The van der Waals surface area contributed by atoms with Crippen LogP contribution in [0.2, 0.25) is 0 Å². The maximum atomic E-state index is 12.8. The van der Waals surface area contributed by atoms with E-state index in [2.05, 4.69) is 15.1 Å². The van der Waals surface area contributed by atoms with Crippen molar-refractivity contribution < 1.29 is 9.53 Å². The van der Waals surface area contributed by atoms with Gasteiger partial charge in [0.2, 0.25) is 0 Å². The summed E-state index contributed by atoms with van der Waals surface area (Å²) >= 11 is 0. The van der Waals surface area contributed by atoms with Gasteiger partial charge in [0.25, 0.3) is 5.91 Å². The van der Waals surface area contributed by atoms with Crippen molar-refractivity contribution in [1.82, 2.24) is 24.6 Å². The first-order chi connectivity index (χ1) is 12.1. The Bertz CT molecular complexity index is 944. The summed E-state index contributed by atoms with van der Waals surface area (Å²) in [6.45, 7) is 4.36. The van der Waals surface area contributed by atoms with Gasteiger partial charge in [0.05, 0.1) is 18.7 Å². The zero-order chi connectivity index (χ0) is 17.4. The maximum Gasteiger partial charge on any atom is 0.254 e. The molecule has 3 aromatic rings. The van der Waals surface area contributed by atoms with Crippen LogP contribution in [0.15, 0.2) is 30.6 Å². The first kappa shape index (κ1) is 15.7. The number of benzene rings is 1. The molecule has 1 amide bonds. The van der Waals surface area contributed by atoms with Crippen molar-refractivity contribution in [2.45, 2.75) is 6.92 Å². The number of carbonyl (C=O) groups excluding carboxylic acids is 1. The maximum absolute atomic E-state index is 12.8. The summed E-state index contributed by atoms with van der Waals surface area (Å²) in [7, 11) is 1.83. The number of aryl methyl sites for hydroxylation is 2. The van der Waals surface area contributed by atoms with E-state index in [0.717, 1.165) is 22.2 Å². The topological polar surface area (TPSA) is 73.1 Å². The highest BCUT2D eigenvalue weighted by Crippen LogP contribution is 2.27. The number of fused-ring (bicyclic) bond motifs is 1. The second kappa shape index (κ2) is 6.25. The predicted octanol–water partition coefficient (Wildman–Crippen LogP) is 1.81. The SMILES string of the molecule is Cc1cc(-c2ncn(C)n2)c2cc(C(=O)N3CCOCC3)ccc2n1. The van der Waals surface area contributed by atoms with Gasteiger partial charge in [-0.1, -0.05) is 0 Å². The molecule has 0 N–H and O–H groups in total. The Balaban J connectivity index is 1.81. The molecular weight excluding hydrogens is 318 g/mol. The Morgan fingerprint density at radius 1 is 1.20 bits per heavy atom. The quantitative estimate of drug-likeness (QED) is 0.713. The van der Waals surface area contributed by atoms with Crippen molar-refractivity contribution in [3.05, 3.63) is 41.9 Å². The molecule has 25 heavy (non-hydrogen) atoms. The van der Waals surface area contributed by atoms with Crippen LogP contribution in [0.3, 0.4) is 0 Å². The van der Waals surface area contributed by atoms with E-state index in [1.54, 1.807) is 11.0 Å². The predicted molar refractivity (Wildman–Crippen MR) is 93.2 cm³/mol. The van der Waals surface area contributed by atoms with Crippen molar-refractivity contribution in [2.24, 2.45) is 7.05 Å². The Labute approximate surface area is 145 Å². The average molecular weight is 337 g/mol. The summed E-state index contributed by atoms with van der Waals surface area (Å²) in [6.07, 6.45) is 1.67. The van der Waals surface area contributed by atoms with Crippen molar-refractivity contribution in [1.29, 1.82) is 0 Å². The third-order valence-corrected chi connectivity index (χ3v) is 4.32. The number of rotatable bonds is 2.